The second-order valence-electron chi connectivity index (χ2n) is 8.28. The number of rotatable bonds is 8. The highest BCUT2D eigenvalue weighted by Gasteiger charge is 2.41. The Morgan fingerprint density at radius 3 is 2.14 bits per heavy atom. The van der Waals surface area contributed by atoms with Crippen LogP contribution in [0.1, 0.15) is 79.1 Å². The number of carbonyl (C=O) groups is 1. The van der Waals surface area contributed by atoms with E-state index in [1.165, 1.54) is 11.1 Å². The van der Waals surface area contributed by atoms with Crippen molar-refractivity contribution in [3.05, 3.63) is 22.8 Å². The number of amides is 1. The van der Waals surface area contributed by atoms with E-state index >= 15 is 0 Å². The quantitative estimate of drug-likeness (QED) is 0.537. The summed E-state index contributed by atoms with van der Waals surface area (Å²) in [6.45, 7) is 9.57. The Bertz CT molecular complexity index is 624. The third-order valence-electron chi connectivity index (χ3n) is 6.72. The Balaban J connectivity index is 2.09. The van der Waals surface area contributed by atoms with Gasteiger partial charge in [0.05, 0.1) is 0 Å². The summed E-state index contributed by atoms with van der Waals surface area (Å²) in [5, 5.41) is 5.63. The van der Waals surface area contributed by atoms with Gasteiger partial charge < -0.3 is 10.6 Å². The molecule has 4 atom stereocenters. The first kappa shape index (κ1) is 24.0. The molecule has 0 heterocycles. The first-order valence-corrected chi connectivity index (χ1v) is 11.3. The van der Waals surface area contributed by atoms with Crippen LogP contribution >= 0.6 is 0 Å². The fraction of sp³-hybridized carbons (Fsp3) is 0.783. The maximum Gasteiger partial charge on any atom is 0.471 e. The lowest BCUT2D eigenvalue weighted by Gasteiger charge is -2.33. The Morgan fingerprint density at radius 2 is 1.62 bits per heavy atom. The highest BCUT2D eigenvalue weighted by atomic mass is 19.4. The van der Waals surface area contributed by atoms with Gasteiger partial charge in [-0.15, -0.1) is 0 Å². The zero-order valence-corrected chi connectivity index (χ0v) is 18.3. The van der Waals surface area contributed by atoms with Crippen LogP contribution in [0.4, 0.5) is 13.2 Å². The molecule has 2 aliphatic rings. The number of allylic oxidation sites excluding steroid dienone is 3. The molecule has 0 saturated heterocycles. The van der Waals surface area contributed by atoms with Gasteiger partial charge in [0, 0.05) is 18.6 Å². The molecule has 2 unspecified atom stereocenters. The third kappa shape index (κ3) is 5.65. The van der Waals surface area contributed by atoms with Gasteiger partial charge in [0.15, 0.2) is 0 Å². The molecule has 0 aromatic rings. The maximum absolute atomic E-state index is 12.6. The molecular formula is C23H37F3N2O. The maximum atomic E-state index is 12.6. The summed E-state index contributed by atoms with van der Waals surface area (Å²) in [7, 11) is 0. The van der Waals surface area contributed by atoms with E-state index in [0.29, 0.717) is 24.8 Å². The summed E-state index contributed by atoms with van der Waals surface area (Å²) in [6, 6.07) is -0.576. The molecule has 2 aliphatic carbocycles. The number of alkyl halides is 3. The van der Waals surface area contributed by atoms with Gasteiger partial charge >= 0.3 is 12.1 Å². The monoisotopic (exact) mass is 414 g/mol. The highest BCUT2D eigenvalue weighted by molar-refractivity contribution is 5.82. The predicted octanol–water partition coefficient (Wildman–Crippen LogP) is 5.67. The van der Waals surface area contributed by atoms with Crippen molar-refractivity contribution in [2.45, 2.75) is 97.3 Å². The van der Waals surface area contributed by atoms with Gasteiger partial charge in [-0.2, -0.15) is 13.2 Å². The molecule has 1 fully saturated rings. The summed E-state index contributed by atoms with van der Waals surface area (Å²) in [6.07, 6.45) is 4.98. The molecule has 166 valence electrons. The molecule has 0 radical (unpaired) electrons. The molecule has 3 nitrogen and oxygen atoms in total. The molecule has 2 rings (SSSR count). The van der Waals surface area contributed by atoms with Crippen LogP contribution in [-0.4, -0.2) is 30.7 Å². The van der Waals surface area contributed by atoms with Crippen LogP contribution < -0.4 is 10.6 Å². The fourth-order valence-electron chi connectivity index (χ4n) is 5.43. The molecular weight excluding hydrogens is 377 g/mol. The lowest BCUT2D eigenvalue weighted by Crippen LogP contribution is -2.54. The van der Waals surface area contributed by atoms with Crippen LogP contribution in [-0.2, 0) is 4.79 Å². The molecule has 0 spiro atoms. The third-order valence-corrected chi connectivity index (χ3v) is 6.72. The van der Waals surface area contributed by atoms with Crippen molar-refractivity contribution in [3.63, 3.8) is 0 Å². The molecule has 0 aliphatic heterocycles. The molecule has 29 heavy (non-hydrogen) atoms. The van der Waals surface area contributed by atoms with Gasteiger partial charge in [0.1, 0.15) is 0 Å². The van der Waals surface area contributed by atoms with Crippen molar-refractivity contribution < 1.29 is 18.0 Å². The minimum absolute atomic E-state index is 0.116. The summed E-state index contributed by atoms with van der Waals surface area (Å²) in [5.41, 5.74) is 4.50. The molecule has 2 N–H and O–H groups in total. The zero-order chi connectivity index (χ0) is 21.6. The molecule has 1 saturated carbocycles. The summed E-state index contributed by atoms with van der Waals surface area (Å²) in [5.74, 6) is -0.676. The van der Waals surface area contributed by atoms with Crippen LogP contribution in [0.15, 0.2) is 22.8 Å². The van der Waals surface area contributed by atoms with Crippen LogP contribution in [0, 0.1) is 11.8 Å². The van der Waals surface area contributed by atoms with Crippen molar-refractivity contribution in [1.29, 1.82) is 0 Å². The largest absolute Gasteiger partial charge is 0.471 e. The zero-order valence-electron chi connectivity index (χ0n) is 18.3. The van der Waals surface area contributed by atoms with Crippen molar-refractivity contribution in [2.24, 2.45) is 11.8 Å². The van der Waals surface area contributed by atoms with Crippen LogP contribution in [0.3, 0.4) is 0 Å². The van der Waals surface area contributed by atoms with Crippen molar-refractivity contribution in [3.8, 4) is 0 Å². The number of carbonyl (C=O) groups excluding carboxylic acids is 1. The van der Waals surface area contributed by atoms with Gasteiger partial charge in [0.2, 0.25) is 0 Å². The van der Waals surface area contributed by atoms with Gasteiger partial charge in [-0.05, 0) is 61.5 Å². The Hall–Kier alpha value is -1.30. The Kier molecular flexibility index (Phi) is 8.80. The smallest absolute Gasteiger partial charge is 0.344 e. The number of halogens is 3. The number of hydrogen-bond donors (Lipinski definition) is 2. The van der Waals surface area contributed by atoms with Gasteiger partial charge in [-0.1, -0.05) is 52.2 Å². The van der Waals surface area contributed by atoms with E-state index in [1.807, 2.05) is 0 Å². The van der Waals surface area contributed by atoms with Crippen molar-refractivity contribution in [2.75, 3.05) is 6.54 Å². The predicted molar refractivity (Wildman–Crippen MR) is 111 cm³/mol. The van der Waals surface area contributed by atoms with Crippen molar-refractivity contribution >= 4 is 5.91 Å². The molecule has 6 heteroatoms. The van der Waals surface area contributed by atoms with E-state index in [2.05, 4.69) is 44.4 Å². The second kappa shape index (κ2) is 10.6. The minimum atomic E-state index is -4.82. The van der Waals surface area contributed by atoms with Crippen LogP contribution in [0.2, 0.25) is 0 Å². The van der Waals surface area contributed by atoms with E-state index in [-0.39, 0.29) is 6.04 Å². The molecule has 0 bridgehead atoms. The SMILES string of the molecule is CCC1=C(CC)C(CC)C(CC)/C1=C/CN[C@@H]1CCCC[C@H]1NC(=O)C(F)(F)F. The van der Waals surface area contributed by atoms with E-state index in [1.54, 1.807) is 5.57 Å². The van der Waals surface area contributed by atoms with E-state index < -0.39 is 18.1 Å². The van der Waals surface area contributed by atoms with Gasteiger partial charge in [0.25, 0.3) is 0 Å². The Morgan fingerprint density at radius 1 is 1.00 bits per heavy atom. The lowest BCUT2D eigenvalue weighted by molar-refractivity contribution is -0.174. The lowest BCUT2D eigenvalue weighted by atomic mass is 9.84. The molecule has 1 amide bonds. The normalized spacial score (nSPS) is 29.6. The minimum Gasteiger partial charge on any atom is -0.344 e. The average molecular weight is 415 g/mol. The van der Waals surface area contributed by atoms with E-state index in [0.717, 1.165) is 44.9 Å². The van der Waals surface area contributed by atoms with Crippen molar-refractivity contribution in [1.82, 2.24) is 10.6 Å². The highest BCUT2D eigenvalue weighted by Crippen LogP contribution is 2.47. The average Bonchev–Trinajstić information content (AvgIpc) is 2.99. The second-order valence-corrected chi connectivity index (χ2v) is 8.28. The van der Waals surface area contributed by atoms with E-state index in [4.69, 9.17) is 0 Å². The Labute approximate surface area is 173 Å². The van der Waals surface area contributed by atoms with Crippen LogP contribution in [0.25, 0.3) is 0 Å². The summed E-state index contributed by atoms with van der Waals surface area (Å²) >= 11 is 0. The first-order chi connectivity index (χ1) is 13.8. The summed E-state index contributed by atoms with van der Waals surface area (Å²) < 4.78 is 37.9. The van der Waals surface area contributed by atoms with Crippen LogP contribution in [0.5, 0.6) is 0 Å². The molecule has 0 aromatic heterocycles. The van der Waals surface area contributed by atoms with Gasteiger partial charge in [-0.3, -0.25) is 4.79 Å². The molecule has 0 aromatic carbocycles. The number of hydrogen-bond acceptors (Lipinski definition) is 2. The topological polar surface area (TPSA) is 41.1 Å². The standard InChI is InChI=1S/C23H37F3N2O/c1-5-15-16(6-2)18(8-4)19(17(15)7-3)13-14-27-20-11-9-10-12-21(20)28-22(29)23(24,25)26/h13,15,17,20-21,27H,5-12,14H2,1-4H3,(H,28,29)/b19-13-/t15?,17?,20-,21-/m1/s1. The summed E-state index contributed by atoms with van der Waals surface area (Å²) in [4.78, 5) is 11.4. The van der Waals surface area contributed by atoms with Gasteiger partial charge in [-0.25, -0.2) is 0 Å². The fourth-order valence-corrected chi connectivity index (χ4v) is 5.43. The number of nitrogens with one attached hydrogen (secondary N) is 2. The first-order valence-electron chi connectivity index (χ1n) is 11.3. The van der Waals surface area contributed by atoms with E-state index in [9.17, 15) is 18.0 Å².